The summed E-state index contributed by atoms with van der Waals surface area (Å²) in [5.74, 6) is 0.764. The van der Waals surface area contributed by atoms with Gasteiger partial charge in [0, 0.05) is 0 Å². The molecule has 1 heteroatoms. The molecule has 1 aliphatic carbocycles. The van der Waals surface area contributed by atoms with Crippen LogP contribution >= 0.6 is 0 Å². The smallest absolute Gasteiger partial charge is 0.114 e. The van der Waals surface area contributed by atoms with Crippen molar-refractivity contribution in [3.8, 4) is 0 Å². The molecule has 1 N–H and O–H groups in total. The molecule has 0 amide bonds. The van der Waals surface area contributed by atoms with Crippen LogP contribution < -0.4 is 0 Å². The van der Waals surface area contributed by atoms with Gasteiger partial charge in [-0.1, -0.05) is 61.5 Å². The van der Waals surface area contributed by atoms with Crippen molar-refractivity contribution in [2.45, 2.75) is 37.7 Å². The summed E-state index contributed by atoms with van der Waals surface area (Å²) in [4.78, 5) is 0. The maximum Gasteiger partial charge on any atom is 0.114 e. The zero-order valence-corrected chi connectivity index (χ0v) is 11.3. The first-order chi connectivity index (χ1) is 9.24. The summed E-state index contributed by atoms with van der Waals surface area (Å²) in [6.45, 7) is 2.03. The lowest BCUT2D eigenvalue weighted by molar-refractivity contribution is 0.0765. The second kappa shape index (κ2) is 4.82. The van der Waals surface area contributed by atoms with Crippen molar-refractivity contribution in [2.75, 3.05) is 0 Å². The van der Waals surface area contributed by atoms with Crippen LogP contribution in [0.3, 0.4) is 0 Å². The van der Waals surface area contributed by atoms with Gasteiger partial charge in [-0.05, 0) is 41.9 Å². The summed E-state index contributed by atoms with van der Waals surface area (Å²) in [5, 5.41) is 11.0. The van der Waals surface area contributed by atoms with Gasteiger partial charge in [0.15, 0.2) is 0 Å². The number of hydrogen-bond donors (Lipinski definition) is 1. The van der Waals surface area contributed by atoms with Gasteiger partial charge >= 0.3 is 0 Å². The first-order valence-corrected chi connectivity index (χ1v) is 7.12. The molecule has 2 aromatic carbocycles. The Hall–Kier alpha value is -1.60. The van der Waals surface area contributed by atoms with E-state index in [-0.39, 0.29) is 0 Å². The summed E-state index contributed by atoms with van der Waals surface area (Å²) in [5.41, 5.74) is 2.50. The first kappa shape index (κ1) is 12.4. The van der Waals surface area contributed by atoms with Gasteiger partial charge in [-0.2, -0.15) is 0 Å². The Bertz CT molecular complexity index is 540. The third-order valence-corrected chi connectivity index (χ3v) is 4.20. The van der Waals surface area contributed by atoms with Gasteiger partial charge < -0.3 is 5.11 Å². The van der Waals surface area contributed by atoms with Gasteiger partial charge in [0.1, 0.15) is 5.60 Å². The van der Waals surface area contributed by atoms with E-state index in [9.17, 15) is 5.11 Å². The molecule has 0 saturated heterocycles. The molecule has 1 unspecified atom stereocenters. The molecule has 1 nitrogen and oxygen atoms in total. The molecule has 1 saturated carbocycles. The van der Waals surface area contributed by atoms with E-state index in [1.807, 2.05) is 37.3 Å². The minimum atomic E-state index is -0.872. The molecule has 0 bridgehead atoms. The molecular weight excluding hydrogens is 232 g/mol. The number of rotatable bonds is 4. The highest BCUT2D eigenvalue weighted by atomic mass is 16.3. The highest BCUT2D eigenvalue weighted by molar-refractivity contribution is 5.38. The van der Waals surface area contributed by atoms with Crippen LogP contribution in [0.25, 0.3) is 0 Å². The number of benzene rings is 2. The van der Waals surface area contributed by atoms with Crippen LogP contribution in [-0.2, 0) is 5.60 Å². The molecule has 3 rings (SSSR count). The Morgan fingerprint density at radius 2 is 1.53 bits per heavy atom. The summed E-state index contributed by atoms with van der Waals surface area (Å²) < 4.78 is 0. The van der Waals surface area contributed by atoms with Crippen LogP contribution in [0.4, 0.5) is 0 Å². The number of aliphatic hydroxyl groups is 1. The van der Waals surface area contributed by atoms with E-state index in [1.165, 1.54) is 18.4 Å². The standard InChI is InChI=1S/C18H20O/c1-2-18(19,16-6-4-3-5-7-16)17-12-10-15(11-13-17)14-8-9-14/h3-7,10-14,19H,2,8-9H2,1H3. The molecule has 0 aliphatic heterocycles. The maximum atomic E-state index is 11.0. The van der Waals surface area contributed by atoms with Gasteiger partial charge in [-0.3, -0.25) is 0 Å². The van der Waals surface area contributed by atoms with Crippen LogP contribution in [0.15, 0.2) is 54.6 Å². The summed E-state index contributed by atoms with van der Waals surface area (Å²) in [6.07, 6.45) is 3.31. The summed E-state index contributed by atoms with van der Waals surface area (Å²) in [7, 11) is 0. The van der Waals surface area contributed by atoms with Gasteiger partial charge in [-0.15, -0.1) is 0 Å². The molecule has 98 valence electrons. The van der Waals surface area contributed by atoms with Crippen LogP contribution in [0, 0.1) is 0 Å². The van der Waals surface area contributed by atoms with Gasteiger partial charge in [0.2, 0.25) is 0 Å². The Balaban J connectivity index is 1.96. The van der Waals surface area contributed by atoms with Crippen LogP contribution in [0.5, 0.6) is 0 Å². The predicted octanol–water partition coefficient (Wildman–Crippen LogP) is 4.21. The lowest BCUT2D eigenvalue weighted by atomic mass is 9.84. The largest absolute Gasteiger partial charge is 0.380 e. The van der Waals surface area contributed by atoms with Crippen molar-refractivity contribution in [3.63, 3.8) is 0 Å². The quantitative estimate of drug-likeness (QED) is 0.864. The highest BCUT2D eigenvalue weighted by Gasteiger charge is 2.30. The van der Waals surface area contributed by atoms with Crippen molar-refractivity contribution >= 4 is 0 Å². The van der Waals surface area contributed by atoms with Crippen LogP contribution in [0.2, 0.25) is 0 Å². The normalized spacial score (nSPS) is 18.0. The van der Waals surface area contributed by atoms with E-state index in [0.29, 0.717) is 6.42 Å². The molecule has 19 heavy (non-hydrogen) atoms. The Morgan fingerprint density at radius 1 is 0.947 bits per heavy atom. The Morgan fingerprint density at radius 3 is 2.05 bits per heavy atom. The minimum absolute atomic E-state index is 0.680. The van der Waals surface area contributed by atoms with Crippen molar-refractivity contribution < 1.29 is 5.11 Å². The zero-order chi connectivity index (χ0) is 13.3. The average molecular weight is 252 g/mol. The third kappa shape index (κ3) is 2.31. The molecule has 0 spiro atoms. The van der Waals surface area contributed by atoms with Crippen molar-refractivity contribution in [1.82, 2.24) is 0 Å². The molecule has 0 radical (unpaired) electrons. The summed E-state index contributed by atoms with van der Waals surface area (Å²) >= 11 is 0. The topological polar surface area (TPSA) is 20.2 Å². The molecule has 1 aliphatic rings. The van der Waals surface area contributed by atoms with Crippen LogP contribution in [-0.4, -0.2) is 5.11 Å². The van der Waals surface area contributed by atoms with E-state index in [2.05, 4.69) is 24.3 Å². The van der Waals surface area contributed by atoms with E-state index < -0.39 is 5.60 Å². The molecule has 0 heterocycles. The summed E-state index contributed by atoms with van der Waals surface area (Å²) in [6, 6.07) is 18.5. The van der Waals surface area contributed by atoms with Crippen molar-refractivity contribution in [2.24, 2.45) is 0 Å². The minimum Gasteiger partial charge on any atom is -0.380 e. The van der Waals surface area contributed by atoms with E-state index >= 15 is 0 Å². The van der Waals surface area contributed by atoms with Crippen LogP contribution in [0.1, 0.15) is 48.8 Å². The van der Waals surface area contributed by atoms with E-state index in [0.717, 1.165) is 17.0 Å². The fraction of sp³-hybridized carbons (Fsp3) is 0.333. The fourth-order valence-corrected chi connectivity index (χ4v) is 2.74. The third-order valence-electron chi connectivity index (χ3n) is 4.20. The van der Waals surface area contributed by atoms with E-state index in [1.54, 1.807) is 0 Å². The fourth-order valence-electron chi connectivity index (χ4n) is 2.74. The average Bonchev–Trinajstić information content (AvgIpc) is 3.32. The monoisotopic (exact) mass is 252 g/mol. The first-order valence-electron chi connectivity index (χ1n) is 7.12. The highest BCUT2D eigenvalue weighted by Crippen LogP contribution is 2.41. The lowest BCUT2D eigenvalue weighted by Crippen LogP contribution is -2.26. The molecule has 2 aromatic rings. The maximum absolute atomic E-state index is 11.0. The Kier molecular flexibility index (Phi) is 3.16. The lowest BCUT2D eigenvalue weighted by Gasteiger charge is -2.28. The Labute approximate surface area is 114 Å². The molecule has 0 aromatic heterocycles. The molecule has 1 atom stereocenters. The van der Waals surface area contributed by atoms with Gasteiger partial charge in [0.25, 0.3) is 0 Å². The molecule has 1 fully saturated rings. The van der Waals surface area contributed by atoms with E-state index in [4.69, 9.17) is 0 Å². The number of hydrogen-bond acceptors (Lipinski definition) is 1. The zero-order valence-electron chi connectivity index (χ0n) is 11.3. The molecular formula is C18H20O. The van der Waals surface area contributed by atoms with Gasteiger partial charge in [-0.25, -0.2) is 0 Å². The second-order valence-electron chi connectivity index (χ2n) is 5.48. The predicted molar refractivity (Wildman–Crippen MR) is 78.1 cm³/mol. The SMILES string of the molecule is CCC(O)(c1ccccc1)c1ccc(C2CC2)cc1. The van der Waals surface area contributed by atoms with Crippen molar-refractivity contribution in [3.05, 3.63) is 71.3 Å². The van der Waals surface area contributed by atoms with Gasteiger partial charge in [0.05, 0.1) is 0 Å². The second-order valence-corrected chi connectivity index (χ2v) is 5.48. The van der Waals surface area contributed by atoms with Crippen molar-refractivity contribution in [1.29, 1.82) is 0 Å².